The van der Waals surface area contributed by atoms with Gasteiger partial charge < -0.3 is 14.8 Å². The number of para-hydroxylation sites is 1. The highest BCUT2D eigenvalue weighted by Gasteiger charge is 2.16. The molecule has 0 radical (unpaired) electrons. The number of carbonyl (C=O) groups excluding carboxylic acids is 1. The van der Waals surface area contributed by atoms with Gasteiger partial charge in [0.15, 0.2) is 6.10 Å². The molecule has 0 saturated carbocycles. The Labute approximate surface area is 131 Å². The van der Waals surface area contributed by atoms with Crippen LogP contribution in [0.1, 0.15) is 18.1 Å². The Morgan fingerprint density at radius 3 is 2.09 bits per heavy atom. The van der Waals surface area contributed by atoms with Crippen LogP contribution in [0.4, 0.5) is 5.69 Å². The summed E-state index contributed by atoms with van der Waals surface area (Å²) < 4.78 is 10.8. The summed E-state index contributed by atoms with van der Waals surface area (Å²) in [5.74, 6) is 1.21. The zero-order valence-electron chi connectivity index (χ0n) is 13.3. The quantitative estimate of drug-likeness (QED) is 0.915. The van der Waals surface area contributed by atoms with E-state index >= 15 is 0 Å². The van der Waals surface area contributed by atoms with Gasteiger partial charge in [-0.2, -0.15) is 0 Å². The number of benzene rings is 2. The molecule has 0 fully saturated rings. The Balaban J connectivity index is 2.02. The molecule has 1 N–H and O–H groups in total. The first-order valence-corrected chi connectivity index (χ1v) is 7.19. The summed E-state index contributed by atoms with van der Waals surface area (Å²) in [7, 11) is 1.61. The van der Waals surface area contributed by atoms with Crippen LogP contribution in [0.2, 0.25) is 0 Å². The second kappa shape index (κ2) is 6.98. The third-order valence-corrected chi connectivity index (χ3v) is 3.47. The molecule has 0 aliphatic heterocycles. The van der Waals surface area contributed by atoms with Crippen LogP contribution in [0.15, 0.2) is 42.5 Å². The molecule has 2 aromatic rings. The average molecular weight is 299 g/mol. The molecule has 4 nitrogen and oxygen atoms in total. The molecule has 0 spiro atoms. The molecule has 116 valence electrons. The molecule has 0 saturated heterocycles. The van der Waals surface area contributed by atoms with Gasteiger partial charge in [0.2, 0.25) is 0 Å². The molecule has 0 aliphatic carbocycles. The number of hydrogen-bond acceptors (Lipinski definition) is 3. The van der Waals surface area contributed by atoms with Crippen molar-refractivity contribution in [3.63, 3.8) is 0 Å². The number of carbonyl (C=O) groups is 1. The average Bonchev–Trinajstić information content (AvgIpc) is 2.51. The number of ether oxygens (including phenoxy) is 2. The predicted molar refractivity (Wildman–Crippen MR) is 87.6 cm³/mol. The van der Waals surface area contributed by atoms with Gasteiger partial charge in [-0.1, -0.05) is 18.2 Å². The monoisotopic (exact) mass is 299 g/mol. The van der Waals surface area contributed by atoms with Crippen molar-refractivity contribution in [3.05, 3.63) is 53.6 Å². The topological polar surface area (TPSA) is 47.6 Å². The highest BCUT2D eigenvalue weighted by Crippen LogP contribution is 2.21. The number of amides is 1. The molecule has 2 aromatic carbocycles. The number of nitrogens with one attached hydrogen (secondary N) is 1. The second-order valence-corrected chi connectivity index (χ2v) is 5.19. The Kier molecular flexibility index (Phi) is 5.04. The Bertz CT molecular complexity index is 630. The zero-order valence-corrected chi connectivity index (χ0v) is 13.3. The Morgan fingerprint density at radius 2 is 1.55 bits per heavy atom. The summed E-state index contributed by atoms with van der Waals surface area (Å²) in [6.07, 6.45) is -0.590. The summed E-state index contributed by atoms with van der Waals surface area (Å²) in [4.78, 5) is 12.3. The van der Waals surface area contributed by atoms with E-state index < -0.39 is 6.10 Å². The van der Waals surface area contributed by atoms with Gasteiger partial charge in [0.05, 0.1) is 7.11 Å². The highest BCUT2D eigenvalue weighted by atomic mass is 16.5. The minimum Gasteiger partial charge on any atom is -0.497 e. The minimum absolute atomic E-state index is 0.173. The molecule has 1 unspecified atom stereocenters. The number of rotatable bonds is 5. The minimum atomic E-state index is -0.590. The van der Waals surface area contributed by atoms with E-state index in [1.54, 1.807) is 38.3 Å². The first-order chi connectivity index (χ1) is 10.5. The zero-order chi connectivity index (χ0) is 16.1. The van der Waals surface area contributed by atoms with Crippen LogP contribution in [0, 0.1) is 13.8 Å². The standard InChI is InChI=1S/C18H21NO3/c1-12-6-5-7-13(2)17(12)19-18(20)14(3)22-16-10-8-15(21-4)9-11-16/h5-11,14H,1-4H3,(H,19,20). The SMILES string of the molecule is COc1ccc(OC(C)C(=O)Nc2c(C)cccc2C)cc1. The van der Waals surface area contributed by atoms with E-state index in [2.05, 4.69) is 5.32 Å². The van der Waals surface area contributed by atoms with Crippen molar-refractivity contribution in [2.24, 2.45) is 0 Å². The second-order valence-electron chi connectivity index (χ2n) is 5.19. The molecular formula is C18H21NO3. The van der Waals surface area contributed by atoms with Crippen molar-refractivity contribution in [2.75, 3.05) is 12.4 Å². The molecule has 1 amide bonds. The summed E-state index contributed by atoms with van der Waals surface area (Å²) in [6, 6.07) is 13.1. The van der Waals surface area contributed by atoms with Crippen LogP contribution < -0.4 is 14.8 Å². The lowest BCUT2D eigenvalue weighted by atomic mass is 10.1. The molecule has 22 heavy (non-hydrogen) atoms. The third-order valence-electron chi connectivity index (χ3n) is 3.47. The smallest absolute Gasteiger partial charge is 0.265 e. The van der Waals surface area contributed by atoms with E-state index in [4.69, 9.17) is 9.47 Å². The van der Waals surface area contributed by atoms with E-state index in [9.17, 15) is 4.79 Å². The number of aryl methyl sites for hydroxylation is 2. The number of methoxy groups -OCH3 is 1. The lowest BCUT2D eigenvalue weighted by Gasteiger charge is -2.17. The largest absolute Gasteiger partial charge is 0.497 e. The summed E-state index contributed by atoms with van der Waals surface area (Å²) in [6.45, 7) is 5.67. The third kappa shape index (κ3) is 3.79. The fraction of sp³-hybridized carbons (Fsp3) is 0.278. The lowest BCUT2D eigenvalue weighted by molar-refractivity contribution is -0.122. The molecule has 0 bridgehead atoms. The van der Waals surface area contributed by atoms with Crippen molar-refractivity contribution in [1.29, 1.82) is 0 Å². The first kappa shape index (κ1) is 15.9. The van der Waals surface area contributed by atoms with E-state index in [0.29, 0.717) is 5.75 Å². The molecule has 0 aliphatic rings. The van der Waals surface area contributed by atoms with Crippen molar-refractivity contribution in [1.82, 2.24) is 0 Å². The van der Waals surface area contributed by atoms with E-state index in [1.165, 1.54) is 0 Å². The molecule has 1 atom stereocenters. The molecule has 0 heterocycles. The van der Waals surface area contributed by atoms with Crippen molar-refractivity contribution in [2.45, 2.75) is 26.9 Å². The predicted octanol–water partition coefficient (Wildman–Crippen LogP) is 3.72. The molecule has 4 heteroatoms. The Morgan fingerprint density at radius 1 is 1.00 bits per heavy atom. The van der Waals surface area contributed by atoms with Gasteiger partial charge in [-0.25, -0.2) is 0 Å². The lowest BCUT2D eigenvalue weighted by Crippen LogP contribution is -2.30. The van der Waals surface area contributed by atoms with Crippen LogP contribution in [0.5, 0.6) is 11.5 Å². The van der Waals surface area contributed by atoms with Gasteiger partial charge in [0.25, 0.3) is 5.91 Å². The van der Waals surface area contributed by atoms with Crippen LogP contribution in [0.25, 0.3) is 0 Å². The van der Waals surface area contributed by atoms with E-state index in [-0.39, 0.29) is 5.91 Å². The fourth-order valence-electron chi connectivity index (χ4n) is 2.15. The summed E-state index contributed by atoms with van der Waals surface area (Å²) in [5.41, 5.74) is 2.91. The maximum Gasteiger partial charge on any atom is 0.265 e. The van der Waals surface area contributed by atoms with E-state index in [1.807, 2.05) is 32.0 Å². The van der Waals surface area contributed by atoms with Crippen molar-refractivity contribution in [3.8, 4) is 11.5 Å². The highest BCUT2D eigenvalue weighted by molar-refractivity contribution is 5.95. The number of hydrogen-bond donors (Lipinski definition) is 1. The van der Waals surface area contributed by atoms with Gasteiger partial charge in [0, 0.05) is 5.69 Å². The maximum atomic E-state index is 12.3. The summed E-state index contributed by atoms with van der Waals surface area (Å²) >= 11 is 0. The van der Waals surface area contributed by atoms with Crippen molar-refractivity contribution >= 4 is 11.6 Å². The van der Waals surface area contributed by atoms with Gasteiger partial charge in [-0.15, -0.1) is 0 Å². The van der Waals surface area contributed by atoms with Gasteiger partial charge in [-0.05, 0) is 56.2 Å². The van der Waals surface area contributed by atoms with Crippen LogP contribution >= 0.6 is 0 Å². The van der Waals surface area contributed by atoms with E-state index in [0.717, 1.165) is 22.6 Å². The number of anilines is 1. The van der Waals surface area contributed by atoms with Crippen LogP contribution in [-0.2, 0) is 4.79 Å². The van der Waals surface area contributed by atoms with Crippen molar-refractivity contribution < 1.29 is 14.3 Å². The normalized spacial score (nSPS) is 11.6. The Hall–Kier alpha value is -2.49. The molecule has 0 aromatic heterocycles. The fourth-order valence-corrected chi connectivity index (χ4v) is 2.15. The van der Waals surface area contributed by atoms with Gasteiger partial charge in [0.1, 0.15) is 11.5 Å². The summed E-state index contributed by atoms with van der Waals surface area (Å²) in [5, 5.41) is 2.93. The first-order valence-electron chi connectivity index (χ1n) is 7.19. The van der Waals surface area contributed by atoms with Crippen LogP contribution in [-0.4, -0.2) is 19.1 Å². The van der Waals surface area contributed by atoms with Gasteiger partial charge >= 0.3 is 0 Å². The maximum absolute atomic E-state index is 12.3. The van der Waals surface area contributed by atoms with Gasteiger partial charge in [-0.3, -0.25) is 4.79 Å². The molecule has 2 rings (SSSR count). The molecular weight excluding hydrogens is 278 g/mol. The van der Waals surface area contributed by atoms with Crippen LogP contribution in [0.3, 0.4) is 0 Å².